The van der Waals surface area contributed by atoms with Crippen LogP contribution in [0.2, 0.25) is 0 Å². The van der Waals surface area contributed by atoms with Gasteiger partial charge in [-0.15, -0.1) is 11.3 Å². The number of benzene rings is 1. The molecule has 0 aliphatic rings. The van der Waals surface area contributed by atoms with Gasteiger partial charge in [0, 0.05) is 14.7 Å². The number of anilines is 1. The number of thiophene rings is 1. The van der Waals surface area contributed by atoms with E-state index in [9.17, 15) is 9.59 Å². The maximum Gasteiger partial charge on any atom is 0.341 e. The molecule has 134 valence electrons. The molecule has 2 N–H and O–H groups in total. The molecule has 0 atom stereocenters. The van der Waals surface area contributed by atoms with E-state index in [4.69, 9.17) is 14.6 Å². The fraction of sp³-hybridized carbons (Fsp3) is 0.167. The summed E-state index contributed by atoms with van der Waals surface area (Å²) in [5, 5.41) is 11.8. The Hall–Kier alpha value is -2.45. The quantitative estimate of drug-likeness (QED) is 0.592. The lowest BCUT2D eigenvalue weighted by molar-refractivity contribution is 0.0528. The fourth-order valence-electron chi connectivity index (χ4n) is 2.42. The fourth-order valence-corrected chi connectivity index (χ4v) is 3.69. The molecule has 6 nitrogen and oxygen atoms in total. The third-order valence-corrected chi connectivity index (χ3v) is 5.01. The van der Waals surface area contributed by atoms with E-state index in [0.29, 0.717) is 21.5 Å². The van der Waals surface area contributed by atoms with Crippen LogP contribution < -0.4 is 10.9 Å². The average molecular weight is 435 g/mol. The predicted octanol–water partition coefficient (Wildman–Crippen LogP) is 4.47. The van der Waals surface area contributed by atoms with Crippen LogP contribution in [0.25, 0.3) is 11.0 Å². The number of carbonyl (C=O) groups excluding carboxylic acids is 2. The Morgan fingerprint density at radius 2 is 2.04 bits per heavy atom. The maximum absolute atomic E-state index is 12.7. The number of nitrogens with one attached hydrogen (secondary N) is 2. The Kier molecular flexibility index (Phi) is 5.24. The Morgan fingerprint density at radius 1 is 1.27 bits per heavy atom. The largest absolute Gasteiger partial charge is 0.462 e. The summed E-state index contributed by atoms with van der Waals surface area (Å²) in [6.07, 6.45) is 0. The number of halogens is 1. The highest BCUT2D eigenvalue weighted by atomic mass is 79.9. The van der Waals surface area contributed by atoms with Crippen molar-refractivity contribution in [2.75, 3.05) is 11.9 Å². The zero-order valence-corrected chi connectivity index (χ0v) is 16.4. The molecule has 0 saturated heterocycles. The lowest BCUT2D eigenvalue weighted by Crippen LogP contribution is -2.21. The topological polar surface area (TPSA) is 92.4 Å². The summed E-state index contributed by atoms with van der Waals surface area (Å²) in [7, 11) is 0. The molecule has 3 rings (SSSR count). The van der Waals surface area contributed by atoms with Crippen LogP contribution in [0.15, 0.2) is 39.2 Å². The van der Waals surface area contributed by atoms with Gasteiger partial charge >= 0.3 is 5.97 Å². The van der Waals surface area contributed by atoms with Crippen LogP contribution in [0.3, 0.4) is 0 Å². The van der Waals surface area contributed by atoms with Crippen molar-refractivity contribution in [3.8, 4) is 0 Å². The van der Waals surface area contributed by atoms with Gasteiger partial charge in [0.25, 0.3) is 5.91 Å². The van der Waals surface area contributed by atoms with Crippen molar-refractivity contribution in [3.63, 3.8) is 0 Å². The molecule has 8 heteroatoms. The second-order valence-electron chi connectivity index (χ2n) is 5.45. The van der Waals surface area contributed by atoms with Crippen molar-refractivity contribution in [1.82, 2.24) is 0 Å². The van der Waals surface area contributed by atoms with Crippen molar-refractivity contribution in [2.24, 2.45) is 0 Å². The molecule has 0 fully saturated rings. The Balaban J connectivity index is 1.96. The third kappa shape index (κ3) is 3.71. The monoisotopic (exact) mass is 434 g/mol. The zero-order valence-electron chi connectivity index (χ0n) is 14.0. The molecule has 2 aromatic heterocycles. The lowest BCUT2D eigenvalue weighted by atomic mass is 10.1. The van der Waals surface area contributed by atoms with E-state index in [-0.39, 0.29) is 17.7 Å². The van der Waals surface area contributed by atoms with Crippen molar-refractivity contribution < 1.29 is 18.7 Å². The highest BCUT2D eigenvalue weighted by Gasteiger charge is 2.20. The van der Waals surface area contributed by atoms with E-state index >= 15 is 0 Å². The summed E-state index contributed by atoms with van der Waals surface area (Å²) >= 11 is 4.64. The normalized spacial score (nSPS) is 10.7. The lowest BCUT2D eigenvalue weighted by Gasteiger charge is -2.07. The van der Waals surface area contributed by atoms with Crippen LogP contribution >= 0.6 is 27.3 Å². The highest BCUT2D eigenvalue weighted by Crippen LogP contribution is 2.29. The van der Waals surface area contributed by atoms with Crippen LogP contribution in [-0.4, -0.2) is 18.5 Å². The SMILES string of the molecule is CCOC(=O)c1cc(C)sc1NC(=O)c1cc2cc(Br)ccc2oc1=N. The summed E-state index contributed by atoms with van der Waals surface area (Å²) in [5.41, 5.74) is 0.642. The number of amides is 1. The first-order valence-electron chi connectivity index (χ1n) is 7.76. The second-order valence-corrected chi connectivity index (χ2v) is 7.62. The highest BCUT2D eigenvalue weighted by molar-refractivity contribution is 9.10. The summed E-state index contributed by atoms with van der Waals surface area (Å²) in [4.78, 5) is 25.6. The number of rotatable bonds is 4. The molecule has 0 radical (unpaired) electrons. The van der Waals surface area contributed by atoms with Gasteiger partial charge in [-0.25, -0.2) is 4.79 Å². The molecule has 0 unspecified atom stereocenters. The van der Waals surface area contributed by atoms with Gasteiger partial charge < -0.3 is 14.5 Å². The van der Waals surface area contributed by atoms with Gasteiger partial charge in [-0.1, -0.05) is 15.9 Å². The number of hydrogen-bond donors (Lipinski definition) is 2. The summed E-state index contributed by atoms with van der Waals surface area (Å²) < 4.78 is 11.3. The number of ether oxygens (including phenoxy) is 1. The number of carbonyl (C=O) groups is 2. The number of aryl methyl sites for hydroxylation is 1. The van der Waals surface area contributed by atoms with Crippen LogP contribution in [0.5, 0.6) is 0 Å². The minimum atomic E-state index is -0.520. The first kappa shape index (κ1) is 18.3. The standard InChI is InChI=1S/C18H15BrN2O4S/c1-3-24-18(23)13-6-9(2)26-17(13)21-16(22)12-8-10-7-11(19)4-5-14(10)25-15(12)20/h4-8,20H,3H2,1-2H3,(H,21,22). The minimum absolute atomic E-state index is 0.0801. The van der Waals surface area contributed by atoms with Crippen molar-refractivity contribution in [2.45, 2.75) is 13.8 Å². The van der Waals surface area contributed by atoms with Gasteiger partial charge in [0.2, 0.25) is 5.55 Å². The molecule has 26 heavy (non-hydrogen) atoms. The minimum Gasteiger partial charge on any atom is -0.462 e. The van der Waals surface area contributed by atoms with Gasteiger partial charge in [-0.05, 0) is 44.2 Å². The molecule has 3 aromatic rings. The molecule has 1 aromatic carbocycles. The molecule has 0 saturated carbocycles. The van der Waals surface area contributed by atoms with E-state index < -0.39 is 11.9 Å². The van der Waals surface area contributed by atoms with Crippen molar-refractivity contribution >= 4 is 55.1 Å². The van der Waals surface area contributed by atoms with E-state index in [1.807, 2.05) is 6.92 Å². The van der Waals surface area contributed by atoms with Gasteiger partial charge in [0.05, 0.1) is 12.2 Å². The van der Waals surface area contributed by atoms with Crippen LogP contribution in [0.1, 0.15) is 32.5 Å². The van der Waals surface area contributed by atoms with Gasteiger partial charge in [-0.2, -0.15) is 0 Å². The third-order valence-electron chi connectivity index (χ3n) is 3.55. The van der Waals surface area contributed by atoms with Crippen LogP contribution in [-0.2, 0) is 4.74 Å². The van der Waals surface area contributed by atoms with Gasteiger partial charge in [0.1, 0.15) is 16.1 Å². The molecule has 0 spiro atoms. The van der Waals surface area contributed by atoms with Gasteiger partial charge in [0.15, 0.2) is 0 Å². The Bertz CT molecular complexity index is 1070. The Labute approximate surface area is 161 Å². The van der Waals surface area contributed by atoms with E-state index in [0.717, 1.165) is 9.35 Å². The molecule has 0 bridgehead atoms. The first-order chi connectivity index (χ1) is 12.4. The summed E-state index contributed by atoms with van der Waals surface area (Å²) in [5.74, 6) is -1.02. The van der Waals surface area contributed by atoms with Crippen LogP contribution in [0, 0.1) is 12.3 Å². The molecule has 1 amide bonds. The van der Waals surface area contributed by atoms with E-state index in [2.05, 4.69) is 21.2 Å². The van der Waals surface area contributed by atoms with Gasteiger partial charge in [-0.3, -0.25) is 10.2 Å². The first-order valence-corrected chi connectivity index (χ1v) is 9.37. The number of esters is 1. The van der Waals surface area contributed by atoms with Crippen molar-refractivity contribution in [1.29, 1.82) is 5.41 Å². The number of fused-ring (bicyclic) bond motifs is 1. The second kappa shape index (κ2) is 7.43. The van der Waals surface area contributed by atoms with E-state index in [1.165, 1.54) is 11.3 Å². The molecular formula is C18H15BrN2O4S. The smallest absolute Gasteiger partial charge is 0.341 e. The molecule has 0 aliphatic carbocycles. The Morgan fingerprint density at radius 3 is 2.77 bits per heavy atom. The zero-order chi connectivity index (χ0) is 18.8. The average Bonchev–Trinajstić information content (AvgIpc) is 2.95. The van der Waals surface area contributed by atoms with Crippen molar-refractivity contribution in [3.05, 3.63) is 56.4 Å². The molecule has 0 aliphatic heterocycles. The van der Waals surface area contributed by atoms with E-state index in [1.54, 1.807) is 37.3 Å². The summed E-state index contributed by atoms with van der Waals surface area (Å²) in [6.45, 7) is 3.80. The molecular weight excluding hydrogens is 420 g/mol. The van der Waals surface area contributed by atoms with Crippen LogP contribution in [0.4, 0.5) is 5.00 Å². The summed E-state index contributed by atoms with van der Waals surface area (Å²) in [6, 6.07) is 8.58. The molecule has 2 heterocycles. The number of hydrogen-bond acceptors (Lipinski definition) is 6. The maximum atomic E-state index is 12.7. The predicted molar refractivity (Wildman–Crippen MR) is 103 cm³/mol.